The second-order valence-corrected chi connectivity index (χ2v) is 4.55. The van der Waals surface area contributed by atoms with Gasteiger partial charge in [-0.3, -0.25) is 4.98 Å². The zero-order valence-corrected chi connectivity index (χ0v) is 11.5. The fourth-order valence-electron chi connectivity index (χ4n) is 1.85. The van der Waals surface area contributed by atoms with Crippen molar-refractivity contribution in [2.24, 2.45) is 0 Å². The van der Waals surface area contributed by atoms with E-state index in [9.17, 15) is 0 Å². The highest BCUT2D eigenvalue weighted by Gasteiger charge is 2.00. The quantitative estimate of drug-likeness (QED) is 0.863. The van der Waals surface area contributed by atoms with Crippen molar-refractivity contribution in [3.05, 3.63) is 59.4 Å². The largest absolute Gasteiger partial charge is 0.487 e. The van der Waals surface area contributed by atoms with Crippen LogP contribution in [-0.2, 0) is 13.0 Å². The summed E-state index contributed by atoms with van der Waals surface area (Å²) in [6, 6.07) is 12.4. The molecule has 0 aliphatic heterocycles. The van der Waals surface area contributed by atoms with Crippen molar-refractivity contribution in [3.8, 4) is 5.75 Å². The maximum Gasteiger partial charge on any atom is 0.141 e. The first-order chi connectivity index (χ1) is 9.29. The number of aryl methyl sites for hydroxylation is 1. The van der Waals surface area contributed by atoms with Gasteiger partial charge in [0.25, 0.3) is 0 Å². The molecule has 0 saturated carbocycles. The third-order valence-electron chi connectivity index (χ3n) is 3.04. The summed E-state index contributed by atoms with van der Waals surface area (Å²) in [5.74, 6) is 0.849. The van der Waals surface area contributed by atoms with Crippen molar-refractivity contribution in [2.75, 3.05) is 13.6 Å². The Morgan fingerprint density at radius 2 is 1.84 bits per heavy atom. The Morgan fingerprint density at radius 1 is 1.11 bits per heavy atom. The maximum absolute atomic E-state index is 5.77. The molecule has 19 heavy (non-hydrogen) atoms. The molecule has 0 aliphatic rings. The van der Waals surface area contributed by atoms with Crippen LogP contribution in [0.1, 0.15) is 16.8 Å². The third-order valence-corrected chi connectivity index (χ3v) is 3.04. The van der Waals surface area contributed by atoms with Crippen LogP contribution in [0.4, 0.5) is 0 Å². The highest BCUT2D eigenvalue weighted by molar-refractivity contribution is 5.27. The van der Waals surface area contributed by atoms with E-state index in [0.29, 0.717) is 6.61 Å². The Morgan fingerprint density at radius 3 is 2.53 bits per heavy atom. The molecule has 0 fully saturated rings. The van der Waals surface area contributed by atoms with Gasteiger partial charge in [0.05, 0.1) is 5.69 Å². The van der Waals surface area contributed by atoms with Crippen molar-refractivity contribution in [1.29, 1.82) is 0 Å². The summed E-state index contributed by atoms with van der Waals surface area (Å²) in [4.78, 5) is 4.21. The van der Waals surface area contributed by atoms with Gasteiger partial charge in [-0.1, -0.05) is 24.3 Å². The lowest BCUT2D eigenvalue weighted by Crippen LogP contribution is -2.10. The summed E-state index contributed by atoms with van der Waals surface area (Å²) in [5, 5.41) is 3.15. The molecule has 1 N–H and O–H groups in total. The van der Waals surface area contributed by atoms with E-state index in [1.807, 2.05) is 26.1 Å². The van der Waals surface area contributed by atoms with Crippen molar-refractivity contribution in [1.82, 2.24) is 10.3 Å². The highest BCUT2D eigenvalue weighted by atomic mass is 16.5. The number of aromatic nitrogens is 1. The Hall–Kier alpha value is -1.87. The van der Waals surface area contributed by atoms with E-state index in [-0.39, 0.29) is 0 Å². The molecule has 0 bridgehead atoms. The van der Waals surface area contributed by atoms with E-state index >= 15 is 0 Å². The van der Waals surface area contributed by atoms with Gasteiger partial charge in [0, 0.05) is 6.20 Å². The number of hydrogen-bond donors (Lipinski definition) is 1. The molecule has 0 amide bonds. The molecule has 100 valence electrons. The van der Waals surface area contributed by atoms with Gasteiger partial charge in [0.2, 0.25) is 0 Å². The molecule has 0 saturated heterocycles. The van der Waals surface area contributed by atoms with Crippen molar-refractivity contribution in [2.45, 2.75) is 20.0 Å². The van der Waals surface area contributed by atoms with Crippen LogP contribution < -0.4 is 10.1 Å². The molecule has 2 aromatic rings. The summed E-state index contributed by atoms with van der Waals surface area (Å²) in [5.41, 5.74) is 3.44. The molecular weight excluding hydrogens is 236 g/mol. The molecule has 0 aliphatic carbocycles. The summed E-state index contributed by atoms with van der Waals surface area (Å²) in [6.07, 6.45) is 2.83. The fourth-order valence-corrected chi connectivity index (χ4v) is 1.85. The van der Waals surface area contributed by atoms with Crippen molar-refractivity contribution < 1.29 is 4.74 Å². The number of rotatable bonds is 6. The van der Waals surface area contributed by atoms with Crippen LogP contribution in [0.3, 0.4) is 0 Å². The van der Waals surface area contributed by atoms with Gasteiger partial charge in [-0.05, 0) is 50.2 Å². The zero-order chi connectivity index (χ0) is 13.5. The van der Waals surface area contributed by atoms with Crippen LogP contribution in [0, 0.1) is 6.92 Å². The minimum Gasteiger partial charge on any atom is -0.487 e. The van der Waals surface area contributed by atoms with E-state index in [0.717, 1.165) is 24.4 Å². The van der Waals surface area contributed by atoms with E-state index in [1.165, 1.54) is 11.1 Å². The third kappa shape index (κ3) is 4.07. The lowest BCUT2D eigenvalue weighted by atomic mass is 10.1. The average molecular weight is 256 g/mol. The molecule has 0 atom stereocenters. The van der Waals surface area contributed by atoms with Gasteiger partial charge in [-0.15, -0.1) is 0 Å². The van der Waals surface area contributed by atoms with Crippen molar-refractivity contribution >= 4 is 0 Å². The summed E-state index contributed by atoms with van der Waals surface area (Å²) in [7, 11) is 1.97. The second-order valence-electron chi connectivity index (χ2n) is 4.55. The normalized spacial score (nSPS) is 10.4. The topological polar surface area (TPSA) is 34.1 Å². The molecule has 1 heterocycles. The highest BCUT2D eigenvalue weighted by Crippen LogP contribution is 2.16. The summed E-state index contributed by atoms with van der Waals surface area (Å²) >= 11 is 0. The van der Waals surface area contributed by atoms with E-state index in [4.69, 9.17) is 4.74 Å². The predicted molar refractivity (Wildman–Crippen MR) is 77.4 cm³/mol. The number of likely N-dealkylation sites (N-methyl/N-ethyl adjacent to an activating group) is 1. The van der Waals surface area contributed by atoms with Gasteiger partial charge in [-0.2, -0.15) is 0 Å². The number of hydrogen-bond acceptors (Lipinski definition) is 3. The van der Waals surface area contributed by atoms with Crippen LogP contribution >= 0.6 is 0 Å². The van der Waals surface area contributed by atoms with Gasteiger partial charge in [0.1, 0.15) is 12.4 Å². The van der Waals surface area contributed by atoms with Gasteiger partial charge >= 0.3 is 0 Å². The average Bonchev–Trinajstić information content (AvgIpc) is 2.45. The minimum absolute atomic E-state index is 0.582. The lowest BCUT2D eigenvalue weighted by Gasteiger charge is -2.08. The molecule has 0 spiro atoms. The van der Waals surface area contributed by atoms with E-state index < -0.39 is 0 Å². The molecule has 1 aromatic carbocycles. The van der Waals surface area contributed by atoms with Crippen LogP contribution in [-0.4, -0.2) is 18.6 Å². The van der Waals surface area contributed by atoms with E-state index in [2.05, 4.69) is 34.6 Å². The number of nitrogens with zero attached hydrogens (tertiary/aromatic N) is 1. The van der Waals surface area contributed by atoms with Crippen LogP contribution in [0.25, 0.3) is 0 Å². The summed E-state index contributed by atoms with van der Waals surface area (Å²) in [6.45, 7) is 3.54. The first kappa shape index (κ1) is 13.6. The number of pyridine rings is 1. The molecule has 0 unspecified atom stereocenters. The standard InChI is InChI=1S/C16H20N2O/c1-13-16(4-3-10-18-13)19-12-15-7-5-14(6-8-15)9-11-17-2/h3-8,10,17H,9,11-12H2,1-2H3. The zero-order valence-electron chi connectivity index (χ0n) is 11.5. The Labute approximate surface area is 114 Å². The lowest BCUT2D eigenvalue weighted by molar-refractivity contribution is 0.302. The molecule has 2 rings (SSSR count). The van der Waals surface area contributed by atoms with Gasteiger partial charge in [-0.25, -0.2) is 0 Å². The smallest absolute Gasteiger partial charge is 0.141 e. The Balaban J connectivity index is 1.91. The van der Waals surface area contributed by atoms with Crippen molar-refractivity contribution in [3.63, 3.8) is 0 Å². The Bertz CT molecular complexity index is 508. The molecule has 1 aromatic heterocycles. The molecular formula is C16H20N2O. The van der Waals surface area contributed by atoms with Gasteiger partial charge < -0.3 is 10.1 Å². The minimum atomic E-state index is 0.582. The first-order valence-electron chi connectivity index (χ1n) is 6.56. The second kappa shape index (κ2) is 6.90. The SMILES string of the molecule is CNCCc1ccc(COc2cccnc2C)cc1. The van der Waals surface area contributed by atoms with Gasteiger partial charge in [0.15, 0.2) is 0 Å². The fraction of sp³-hybridized carbons (Fsp3) is 0.312. The Kier molecular flexibility index (Phi) is 4.93. The van der Waals surface area contributed by atoms with E-state index in [1.54, 1.807) is 6.20 Å². The van der Waals surface area contributed by atoms with Crippen LogP contribution in [0.5, 0.6) is 5.75 Å². The molecule has 0 radical (unpaired) electrons. The predicted octanol–water partition coefficient (Wildman–Crippen LogP) is 2.73. The maximum atomic E-state index is 5.77. The van der Waals surface area contributed by atoms with Crippen LogP contribution in [0.15, 0.2) is 42.6 Å². The number of benzene rings is 1. The first-order valence-corrected chi connectivity index (χ1v) is 6.56. The molecule has 3 nitrogen and oxygen atoms in total. The summed E-state index contributed by atoms with van der Waals surface area (Å²) < 4.78 is 5.77. The van der Waals surface area contributed by atoms with Crippen LogP contribution in [0.2, 0.25) is 0 Å². The number of ether oxygens (including phenoxy) is 1. The number of nitrogens with one attached hydrogen (secondary N) is 1. The molecule has 3 heteroatoms. The monoisotopic (exact) mass is 256 g/mol.